The van der Waals surface area contributed by atoms with Gasteiger partial charge in [-0.1, -0.05) is 30.4 Å². The van der Waals surface area contributed by atoms with Crippen molar-refractivity contribution in [3.63, 3.8) is 0 Å². The van der Waals surface area contributed by atoms with Crippen LogP contribution in [0.15, 0.2) is 30.3 Å². The van der Waals surface area contributed by atoms with Gasteiger partial charge < -0.3 is 0 Å². The SMILES string of the molecule is CON1c2ccccc2C=CC1C. The summed E-state index contributed by atoms with van der Waals surface area (Å²) in [5, 5.41) is 1.91. The van der Waals surface area contributed by atoms with Crippen LogP contribution in [0.5, 0.6) is 0 Å². The standard InChI is InChI=1S/C11H13NO/c1-9-7-8-10-5-3-4-6-11(10)12(9)13-2/h3-9H,1-2H3. The number of anilines is 1. The topological polar surface area (TPSA) is 12.5 Å². The molecular weight excluding hydrogens is 162 g/mol. The van der Waals surface area contributed by atoms with Gasteiger partial charge in [0.1, 0.15) is 0 Å². The maximum absolute atomic E-state index is 5.31. The molecule has 0 radical (unpaired) electrons. The summed E-state index contributed by atoms with van der Waals surface area (Å²) < 4.78 is 0. The number of rotatable bonds is 1. The van der Waals surface area contributed by atoms with E-state index >= 15 is 0 Å². The minimum absolute atomic E-state index is 0.305. The summed E-state index contributed by atoms with van der Waals surface area (Å²) >= 11 is 0. The summed E-state index contributed by atoms with van der Waals surface area (Å²) in [7, 11) is 1.70. The largest absolute Gasteiger partial charge is 0.276 e. The van der Waals surface area contributed by atoms with E-state index in [9.17, 15) is 0 Å². The molecule has 0 saturated heterocycles. The van der Waals surface area contributed by atoms with E-state index in [4.69, 9.17) is 4.84 Å². The fourth-order valence-corrected chi connectivity index (χ4v) is 1.63. The first-order chi connectivity index (χ1) is 6.33. The van der Waals surface area contributed by atoms with E-state index in [0.717, 1.165) is 5.69 Å². The Hall–Kier alpha value is -1.28. The summed E-state index contributed by atoms with van der Waals surface area (Å²) in [5.74, 6) is 0. The van der Waals surface area contributed by atoms with Gasteiger partial charge in [-0.15, -0.1) is 0 Å². The minimum Gasteiger partial charge on any atom is -0.276 e. The molecule has 0 aliphatic carbocycles. The van der Waals surface area contributed by atoms with Crippen molar-refractivity contribution in [1.29, 1.82) is 0 Å². The van der Waals surface area contributed by atoms with Gasteiger partial charge in [-0.2, -0.15) is 0 Å². The second kappa shape index (κ2) is 3.23. The Kier molecular flexibility index (Phi) is 2.07. The zero-order valence-electron chi connectivity index (χ0n) is 7.90. The molecule has 2 nitrogen and oxygen atoms in total. The number of para-hydroxylation sites is 1. The average Bonchev–Trinajstić information content (AvgIpc) is 2.18. The maximum Gasteiger partial charge on any atom is 0.0721 e. The molecule has 1 aliphatic heterocycles. The van der Waals surface area contributed by atoms with Gasteiger partial charge in [0.15, 0.2) is 0 Å². The molecule has 1 heterocycles. The Bertz CT molecular complexity index is 333. The summed E-state index contributed by atoms with van der Waals surface area (Å²) in [5.41, 5.74) is 2.35. The van der Waals surface area contributed by atoms with Crippen molar-refractivity contribution >= 4 is 11.8 Å². The van der Waals surface area contributed by atoms with Crippen molar-refractivity contribution in [2.75, 3.05) is 12.2 Å². The normalized spacial score (nSPS) is 20.2. The second-order valence-corrected chi connectivity index (χ2v) is 3.17. The Labute approximate surface area is 78.4 Å². The van der Waals surface area contributed by atoms with E-state index < -0.39 is 0 Å². The zero-order chi connectivity index (χ0) is 9.26. The van der Waals surface area contributed by atoms with Crippen LogP contribution in [0.2, 0.25) is 0 Å². The van der Waals surface area contributed by atoms with Crippen molar-refractivity contribution < 1.29 is 4.84 Å². The lowest BCUT2D eigenvalue weighted by atomic mass is 10.1. The average molecular weight is 175 g/mol. The van der Waals surface area contributed by atoms with Crippen LogP contribution >= 0.6 is 0 Å². The third-order valence-electron chi connectivity index (χ3n) is 2.30. The molecule has 1 aromatic carbocycles. The molecule has 0 N–H and O–H groups in total. The molecule has 2 heteroatoms. The Morgan fingerprint density at radius 2 is 2.08 bits per heavy atom. The summed E-state index contributed by atoms with van der Waals surface area (Å²) in [6.07, 6.45) is 4.27. The molecule has 1 unspecified atom stereocenters. The summed E-state index contributed by atoms with van der Waals surface area (Å²) in [4.78, 5) is 5.31. The smallest absolute Gasteiger partial charge is 0.0721 e. The second-order valence-electron chi connectivity index (χ2n) is 3.17. The molecule has 1 aliphatic rings. The van der Waals surface area contributed by atoms with Gasteiger partial charge in [-0.25, -0.2) is 5.06 Å². The number of fused-ring (bicyclic) bond motifs is 1. The number of benzene rings is 1. The number of nitrogens with zero attached hydrogens (tertiary/aromatic N) is 1. The van der Waals surface area contributed by atoms with E-state index in [0.29, 0.717) is 6.04 Å². The van der Waals surface area contributed by atoms with Gasteiger partial charge in [0.25, 0.3) is 0 Å². The molecular formula is C11H13NO. The Morgan fingerprint density at radius 1 is 1.31 bits per heavy atom. The zero-order valence-corrected chi connectivity index (χ0v) is 7.90. The predicted molar refractivity (Wildman–Crippen MR) is 54.4 cm³/mol. The molecule has 0 bridgehead atoms. The Balaban J connectivity index is 2.47. The summed E-state index contributed by atoms with van der Waals surface area (Å²) in [6.45, 7) is 2.11. The van der Waals surface area contributed by atoms with Crippen LogP contribution in [-0.2, 0) is 4.84 Å². The predicted octanol–water partition coefficient (Wildman–Crippen LogP) is 2.47. The highest BCUT2D eigenvalue weighted by atomic mass is 16.7. The maximum atomic E-state index is 5.31. The van der Waals surface area contributed by atoms with E-state index in [1.165, 1.54) is 5.56 Å². The van der Waals surface area contributed by atoms with Gasteiger partial charge >= 0.3 is 0 Å². The third kappa shape index (κ3) is 1.33. The monoisotopic (exact) mass is 175 g/mol. The third-order valence-corrected chi connectivity index (χ3v) is 2.30. The highest BCUT2D eigenvalue weighted by Gasteiger charge is 2.17. The van der Waals surface area contributed by atoms with Crippen LogP contribution in [0.1, 0.15) is 12.5 Å². The van der Waals surface area contributed by atoms with Gasteiger partial charge in [-0.3, -0.25) is 4.84 Å². The van der Waals surface area contributed by atoms with Gasteiger partial charge in [-0.05, 0) is 18.6 Å². The van der Waals surface area contributed by atoms with Gasteiger partial charge in [0.2, 0.25) is 0 Å². The van der Waals surface area contributed by atoms with Crippen LogP contribution < -0.4 is 5.06 Å². The fraction of sp³-hybridized carbons (Fsp3) is 0.273. The van der Waals surface area contributed by atoms with Crippen molar-refractivity contribution in [2.45, 2.75) is 13.0 Å². The van der Waals surface area contributed by atoms with Crippen LogP contribution in [0.25, 0.3) is 6.08 Å². The van der Waals surface area contributed by atoms with Crippen LogP contribution in [0.3, 0.4) is 0 Å². The lowest BCUT2D eigenvalue weighted by Gasteiger charge is -2.30. The number of hydrogen-bond donors (Lipinski definition) is 0. The van der Waals surface area contributed by atoms with Crippen molar-refractivity contribution in [2.24, 2.45) is 0 Å². The van der Waals surface area contributed by atoms with Crippen molar-refractivity contribution in [3.05, 3.63) is 35.9 Å². The molecule has 0 amide bonds. The van der Waals surface area contributed by atoms with Crippen LogP contribution in [0.4, 0.5) is 5.69 Å². The quantitative estimate of drug-likeness (QED) is 0.650. The highest BCUT2D eigenvalue weighted by molar-refractivity contribution is 5.70. The fourth-order valence-electron chi connectivity index (χ4n) is 1.63. The van der Waals surface area contributed by atoms with Crippen molar-refractivity contribution in [1.82, 2.24) is 0 Å². The van der Waals surface area contributed by atoms with Crippen LogP contribution in [0, 0.1) is 0 Å². The molecule has 2 rings (SSSR count). The Morgan fingerprint density at radius 3 is 2.85 bits per heavy atom. The first kappa shape index (κ1) is 8.32. The molecule has 68 valence electrons. The van der Waals surface area contributed by atoms with Gasteiger partial charge in [0.05, 0.1) is 18.8 Å². The minimum atomic E-state index is 0.305. The molecule has 1 atom stereocenters. The molecule has 1 aromatic rings. The lowest BCUT2D eigenvalue weighted by Crippen LogP contribution is -2.32. The lowest BCUT2D eigenvalue weighted by molar-refractivity contribution is 0.154. The van der Waals surface area contributed by atoms with Crippen molar-refractivity contribution in [3.8, 4) is 0 Å². The number of hydroxylamine groups is 1. The molecule has 0 saturated carbocycles. The van der Waals surface area contributed by atoms with E-state index in [1.807, 2.05) is 17.2 Å². The molecule has 0 aromatic heterocycles. The molecule has 13 heavy (non-hydrogen) atoms. The summed E-state index contributed by atoms with van der Waals surface area (Å²) in [6, 6.07) is 8.52. The first-order valence-electron chi connectivity index (χ1n) is 4.43. The highest BCUT2D eigenvalue weighted by Crippen LogP contribution is 2.28. The van der Waals surface area contributed by atoms with E-state index in [1.54, 1.807) is 7.11 Å². The molecule has 0 fully saturated rings. The first-order valence-corrected chi connectivity index (χ1v) is 4.43. The van der Waals surface area contributed by atoms with Crippen LogP contribution in [-0.4, -0.2) is 13.2 Å². The van der Waals surface area contributed by atoms with E-state index in [2.05, 4.69) is 31.2 Å². The number of hydrogen-bond acceptors (Lipinski definition) is 2. The van der Waals surface area contributed by atoms with E-state index in [-0.39, 0.29) is 0 Å². The molecule has 0 spiro atoms. The van der Waals surface area contributed by atoms with Gasteiger partial charge in [0, 0.05) is 0 Å².